The minimum atomic E-state index is -0.490. The molecule has 104 valence electrons. The quantitative estimate of drug-likeness (QED) is 0.651. The van der Waals surface area contributed by atoms with Crippen LogP contribution in [-0.2, 0) is 6.54 Å². The number of aromatic nitrogens is 3. The fourth-order valence-corrected chi connectivity index (χ4v) is 1.81. The summed E-state index contributed by atoms with van der Waals surface area (Å²) in [6.07, 6.45) is 2.97. The number of rotatable bonds is 5. The average Bonchev–Trinajstić information content (AvgIpc) is 2.47. The lowest BCUT2D eigenvalue weighted by Crippen LogP contribution is -2.20. The predicted octanol–water partition coefficient (Wildman–Crippen LogP) is 1.46. The molecule has 2 aromatic rings. The van der Waals surface area contributed by atoms with Crippen molar-refractivity contribution in [2.24, 2.45) is 0 Å². The molecule has 0 bridgehead atoms. The van der Waals surface area contributed by atoms with Crippen LogP contribution in [0.3, 0.4) is 0 Å². The molecule has 0 aromatic carbocycles. The van der Waals surface area contributed by atoms with Crippen molar-refractivity contribution in [1.29, 1.82) is 0 Å². The molecule has 0 saturated carbocycles. The Labute approximate surface area is 115 Å². The van der Waals surface area contributed by atoms with Crippen molar-refractivity contribution < 1.29 is 4.92 Å². The second-order valence-corrected chi connectivity index (χ2v) is 4.08. The van der Waals surface area contributed by atoms with Gasteiger partial charge >= 0.3 is 5.69 Å². The SMILES string of the molecule is CNc1ncnc(N(C)Cc2ccccn2)c1[N+](=O)[O-]. The summed E-state index contributed by atoms with van der Waals surface area (Å²) in [5.74, 6) is 0.438. The Bertz CT molecular complexity index is 604. The molecule has 2 aromatic heterocycles. The monoisotopic (exact) mass is 274 g/mol. The molecule has 20 heavy (non-hydrogen) atoms. The van der Waals surface area contributed by atoms with E-state index in [-0.39, 0.29) is 17.3 Å². The molecular weight excluding hydrogens is 260 g/mol. The highest BCUT2D eigenvalue weighted by Gasteiger charge is 2.24. The number of pyridine rings is 1. The Kier molecular flexibility index (Phi) is 4.04. The predicted molar refractivity (Wildman–Crippen MR) is 74.6 cm³/mol. The summed E-state index contributed by atoms with van der Waals surface area (Å²) in [5.41, 5.74) is 0.655. The van der Waals surface area contributed by atoms with E-state index in [1.54, 1.807) is 25.2 Å². The van der Waals surface area contributed by atoms with Crippen LogP contribution in [0.15, 0.2) is 30.7 Å². The fraction of sp³-hybridized carbons (Fsp3) is 0.250. The summed E-state index contributed by atoms with van der Waals surface area (Å²) in [6, 6.07) is 5.53. The second-order valence-electron chi connectivity index (χ2n) is 4.08. The number of nitrogens with zero attached hydrogens (tertiary/aromatic N) is 5. The third kappa shape index (κ3) is 2.79. The fourth-order valence-electron chi connectivity index (χ4n) is 1.81. The van der Waals surface area contributed by atoms with Gasteiger partial charge in [0.05, 0.1) is 17.2 Å². The second kappa shape index (κ2) is 5.91. The lowest BCUT2D eigenvalue weighted by Gasteiger charge is -2.17. The Hall–Kier alpha value is -2.77. The number of nitrogens with one attached hydrogen (secondary N) is 1. The van der Waals surface area contributed by atoms with Crippen molar-refractivity contribution in [3.63, 3.8) is 0 Å². The van der Waals surface area contributed by atoms with Crippen molar-refractivity contribution >= 4 is 17.3 Å². The van der Waals surface area contributed by atoms with Crippen molar-refractivity contribution in [3.05, 3.63) is 46.5 Å². The van der Waals surface area contributed by atoms with Gasteiger partial charge < -0.3 is 10.2 Å². The molecule has 0 aliphatic rings. The highest BCUT2D eigenvalue weighted by molar-refractivity contribution is 5.69. The van der Waals surface area contributed by atoms with Crippen molar-refractivity contribution in [2.75, 3.05) is 24.3 Å². The number of hydrogen-bond acceptors (Lipinski definition) is 7. The first-order valence-corrected chi connectivity index (χ1v) is 5.91. The molecular formula is C12H14N6O2. The average molecular weight is 274 g/mol. The molecule has 0 fully saturated rings. The van der Waals surface area contributed by atoms with Gasteiger partial charge in [-0.05, 0) is 12.1 Å². The Morgan fingerprint density at radius 1 is 1.35 bits per heavy atom. The summed E-state index contributed by atoms with van der Waals surface area (Å²) >= 11 is 0. The molecule has 8 nitrogen and oxygen atoms in total. The highest BCUT2D eigenvalue weighted by Crippen LogP contribution is 2.31. The molecule has 0 spiro atoms. The van der Waals surface area contributed by atoms with E-state index < -0.39 is 4.92 Å². The summed E-state index contributed by atoms with van der Waals surface area (Å²) in [4.78, 5) is 24.4. The zero-order chi connectivity index (χ0) is 14.5. The molecule has 2 heterocycles. The summed E-state index contributed by atoms with van der Waals surface area (Å²) in [7, 11) is 3.31. The van der Waals surface area contributed by atoms with Gasteiger partial charge in [-0.15, -0.1) is 0 Å². The van der Waals surface area contributed by atoms with Crippen LogP contribution >= 0.6 is 0 Å². The Morgan fingerprint density at radius 2 is 2.15 bits per heavy atom. The van der Waals surface area contributed by atoms with Crippen molar-refractivity contribution in [1.82, 2.24) is 15.0 Å². The van der Waals surface area contributed by atoms with Crippen LogP contribution in [-0.4, -0.2) is 34.0 Å². The van der Waals surface area contributed by atoms with Crippen molar-refractivity contribution in [3.8, 4) is 0 Å². The summed E-state index contributed by atoms with van der Waals surface area (Å²) < 4.78 is 0. The normalized spacial score (nSPS) is 10.1. The third-order valence-electron chi connectivity index (χ3n) is 2.71. The lowest BCUT2D eigenvalue weighted by atomic mass is 10.3. The van der Waals surface area contributed by atoms with Crippen LogP contribution in [0, 0.1) is 10.1 Å². The first kappa shape index (κ1) is 13.7. The van der Waals surface area contributed by atoms with Crippen LogP contribution < -0.4 is 10.2 Å². The molecule has 8 heteroatoms. The molecule has 0 aliphatic heterocycles. The summed E-state index contributed by atoms with van der Waals surface area (Å²) in [6.45, 7) is 0.418. The number of hydrogen-bond donors (Lipinski definition) is 1. The van der Waals surface area contributed by atoms with Crippen LogP contribution in [0.4, 0.5) is 17.3 Å². The Balaban J connectivity index is 2.34. The van der Waals surface area contributed by atoms with E-state index in [9.17, 15) is 10.1 Å². The summed E-state index contributed by atoms with van der Waals surface area (Å²) in [5, 5.41) is 13.9. The van der Waals surface area contributed by atoms with Crippen LogP contribution in [0.25, 0.3) is 0 Å². The van der Waals surface area contributed by atoms with Gasteiger partial charge in [-0.2, -0.15) is 0 Å². The van der Waals surface area contributed by atoms with Crippen LogP contribution in [0.1, 0.15) is 5.69 Å². The minimum absolute atomic E-state index is 0.145. The van der Waals surface area contributed by atoms with E-state index in [1.165, 1.54) is 6.33 Å². The van der Waals surface area contributed by atoms with Gasteiger partial charge in [-0.25, -0.2) is 9.97 Å². The molecule has 2 rings (SSSR count). The van der Waals surface area contributed by atoms with E-state index in [2.05, 4.69) is 20.3 Å². The van der Waals surface area contributed by atoms with Gasteiger partial charge in [-0.3, -0.25) is 15.1 Å². The number of nitro groups is 1. The smallest absolute Gasteiger partial charge is 0.353 e. The van der Waals surface area contributed by atoms with E-state index in [0.29, 0.717) is 6.54 Å². The topological polar surface area (TPSA) is 97.1 Å². The van der Waals surface area contributed by atoms with Gasteiger partial charge in [0.15, 0.2) is 0 Å². The maximum Gasteiger partial charge on any atom is 0.353 e. The molecule has 0 amide bonds. The first-order chi connectivity index (χ1) is 9.63. The van der Waals surface area contributed by atoms with E-state index in [4.69, 9.17) is 0 Å². The number of anilines is 2. The van der Waals surface area contributed by atoms with Gasteiger partial charge in [0, 0.05) is 20.3 Å². The molecule has 0 aliphatic carbocycles. The van der Waals surface area contributed by atoms with Gasteiger partial charge in [-0.1, -0.05) is 6.07 Å². The zero-order valence-corrected chi connectivity index (χ0v) is 11.1. The largest absolute Gasteiger partial charge is 0.367 e. The van der Waals surface area contributed by atoms with Gasteiger partial charge in [0.2, 0.25) is 11.6 Å². The maximum atomic E-state index is 11.2. The van der Waals surface area contributed by atoms with E-state index in [0.717, 1.165) is 5.69 Å². The minimum Gasteiger partial charge on any atom is -0.367 e. The van der Waals surface area contributed by atoms with Crippen LogP contribution in [0.2, 0.25) is 0 Å². The molecule has 0 atom stereocenters. The van der Waals surface area contributed by atoms with E-state index >= 15 is 0 Å². The van der Waals surface area contributed by atoms with Gasteiger partial charge in [0.1, 0.15) is 6.33 Å². The first-order valence-electron chi connectivity index (χ1n) is 5.91. The molecule has 0 saturated heterocycles. The Morgan fingerprint density at radius 3 is 2.75 bits per heavy atom. The van der Waals surface area contributed by atoms with E-state index in [1.807, 2.05) is 18.2 Å². The molecule has 0 unspecified atom stereocenters. The highest BCUT2D eigenvalue weighted by atomic mass is 16.6. The zero-order valence-electron chi connectivity index (χ0n) is 11.1. The maximum absolute atomic E-state index is 11.2. The molecule has 1 N–H and O–H groups in total. The van der Waals surface area contributed by atoms with Gasteiger partial charge in [0.25, 0.3) is 0 Å². The van der Waals surface area contributed by atoms with Crippen molar-refractivity contribution in [2.45, 2.75) is 6.54 Å². The standard InChI is InChI=1S/C12H14N6O2/c1-13-11-10(18(19)20)12(16-8-15-11)17(2)7-9-5-3-4-6-14-9/h3-6,8H,7H2,1-2H3,(H,13,15,16). The molecule has 0 radical (unpaired) electrons. The van der Waals surface area contributed by atoms with Crippen LogP contribution in [0.5, 0.6) is 0 Å². The third-order valence-corrected chi connectivity index (χ3v) is 2.71. The lowest BCUT2D eigenvalue weighted by molar-refractivity contribution is -0.383.